The van der Waals surface area contributed by atoms with Crippen LogP contribution in [-0.2, 0) is 13.3 Å². The van der Waals surface area contributed by atoms with Gasteiger partial charge in [0.15, 0.2) is 0 Å². The second-order valence-electron chi connectivity index (χ2n) is 5.79. The summed E-state index contributed by atoms with van der Waals surface area (Å²) in [4.78, 5) is 2.36. The minimum absolute atomic E-state index is 0.0209. The van der Waals surface area contributed by atoms with Crippen molar-refractivity contribution in [3.05, 3.63) is 0 Å². The van der Waals surface area contributed by atoms with E-state index in [9.17, 15) is 4.46 Å². The molecule has 16 heavy (non-hydrogen) atoms. The van der Waals surface area contributed by atoms with Crippen LogP contribution in [0.3, 0.4) is 0 Å². The van der Waals surface area contributed by atoms with Crippen molar-refractivity contribution in [2.45, 2.75) is 57.7 Å². The quantitative estimate of drug-likeness (QED) is 0.710. The average Bonchev–Trinajstić information content (AvgIpc) is 2.13. The first-order chi connectivity index (χ1) is 7.19. The van der Waals surface area contributed by atoms with Gasteiger partial charge < -0.3 is 8.85 Å². The summed E-state index contributed by atoms with van der Waals surface area (Å²) in [5.74, 6) is 0. The average molecular weight is 245 g/mol. The molecule has 94 valence electrons. The van der Waals surface area contributed by atoms with Gasteiger partial charge in [-0.25, -0.2) is 0 Å². The van der Waals surface area contributed by atoms with Crippen LogP contribution in [0.25, 0.3) is 0 Å². The molecule has 0 aromatic carbocycles. The summed E-state index contributed by atoms with van der Waals surface area (Å²) >= 11 is 0. The molecule has 0 saturated carbocycles. The molecule has 1 fully saturated rings. The van der Waals surface area contributed by atoms with Gasteiger partial charge in [-0.1, -0.05) is 0 Å². The maximum atomic E-state index is 11.3. The third-order valence-electron chi connectivity index (χ3n) is 3.70. The van der Waals surface area contributed by atoms with Gasteiger partial charge in [0.1, 0.15) is 0 Å². The fraction of sp³-hybridized carbons (Fsp3) is 1.00. The van der Waals surface area contributed by atoms with E-state index in [1.807, 2.05) is 0 Å². The molecule has 0 atom stereocenters. The van der Waals surface area contributed by atoms with E-state index in [0.717, 1.165) is 12.8 Å². The van der Waals surface area contributed by atoms with Gasteiger partial charge in [-0.05, 0) is 34.7 Å². The normalized spacial score (nSPS) is 25.1. The Bertz CT molecular complexity index is 260. The lowest BCUT2D eigenvalue weighted by Gasteiger charge is -2.53. The lowest BCUT2D eigenvalue weighted by Crippen LogP contribution is -2.60. The minimum atomic E-state index is -2.31. The largest absolute Gasteiger partial charge is 0.767 e. The van der Waals surface area contributed by atoms with E-state index < -0.39 is 9.17 Å². The van der Waals surface area contributed by atoms with E-state index in [-0.39, 0.29) is 17.2 Å². The summed E-state index contributed by atoms with van der Waals surface area (Å²) in [6.07, 6.45) is 1.78. The molecule has 5 heteroatoms. The molecular formula is C11H23NO3Si. The third-order valence-corrected chi connectivity index (χ3v) is 4.56. The number of hydrogen-bond donors (Lipinski definition) is 0. The first-order valence-electron chi connectivity index (χ1n) is 5.67. The lowest BCUT2D eigenvalue weighted by molar-refractivity contribution is -0.0633. The summed E-state index contributed by atoms with van der Waals surface area (Å²) in [6, 6.07) is 0. The van der Waals surface area contributed by atoms with Crippen LogP contribution >= 0.6 is 0 Å². The molecular weight excluding hydrogens is 222 g/mol. The highest BCUT2D eigenvalue weighted by atomic mass is 28.3. The molecule has 0 aromatic heterocycles. The van der Waals surface area contributed by atoms with Gasteiger partial charge in [0.25, 0.3) is 0 Å². The molecule has 0 spiro atoms. The van der Waals surface area contributed by atoms with E-state index in [2.05, 4.69) is 39.6 Å². The first kappa shape index (κ1) is 13.6. The Hall–Kier alpha value is -0.423. The highest BCUT2D eigenvalue weighted by Gasteiger charge is 2.44. The Kier molecular flexibility index (Phi) is 3.79. The van der Waals surface area contributed by atoms with Gasteiger partial charge in [0.05, 0.1) is 13.2 Å². The number of likely N-dealkylation sites (tertiary alicyclic amines) is 1. The fourth-order valence-corrected chi connectivity index (χ4v) is 3.08. The van der Waals surface area contributed by atoms with Crippen LogP contribution in [-0.4, -0.2) is 45.4 Å². The number of hydrogen-bond acceptors (Lipinski definition) is 4. The van der Waals surface area contributed by atoms with Crippen molar-refractivity contribution in [1.29, 1.82) is 0 Å². The molecule has 0 aliphatic carbocycles. The first-order valence-corrected chi connectivity index (χ1v) is 6.90. The van der Waals surface area contributed by atoms with Gasteiger partial charge >= 0.3 is 9.17 Å². The Labute approximate surface area is 99.8 Å². The van der Waals surface area contributed by atoms with Crippen molar-refractivity contribution in [2.24, 2.45) is 0 Å². The second kappa shape index (κ2) is 4.45. The molecule has 0 amide bonds. The molecule has 1 heterocycles. The van der Waals surface area contributed by atoms with Gasteiger partial charge in [0, 0.05) is 23.9 Å². The maximum absolute atomic E-state index is 11.3. The van der Waals surface area contributed by atoms with Crippen molar-refractivity contribution < 1.29 is 13.3 Å². The Morgan fingerprint density at radius 3 is 2.00 bits per heavy atom. The van der Waals surface area contributed by atoms with Crippen molar-refractivity contribution in [1.82, 2.24) is 4.90 Å². The van der Waals surface area contributed by atoms with E-state index in [1.54, 1.807) is 0 Å². The van der Waals surface area contributed by atoms with Crippen LogP contribution in [0.1, 0.15) is 40.5 Å². The Morgan fingerprint density at radius 1 is 1.19 bits per heavy atom. The van der Waals surface area contributed by atoms with Gasteiger partial charge in [0.2, 0.25) is 0 Å². The van der Waals surface area contributed by atoms with E-state index in [0.29, 0.717) is 0 Å². The minimum Gasteiger partial charge on any atom is -0.499 e. The predicted octanol–water partition coefficient (Wildman–Crippen LogP) is 1.72. The summed E-state index contributed by atoms with van der Waals surface area (Å²) in [5.41, 5.74) is 0.116. The number of piperidine rings is 1. The zero-order valence-corrected chi connectivity index (χ0v) is 12.2. The molecule has 4 nitrogen and oxygen atoms in total. The highest BCUT2D eigenvalue weighted by molar-refractivity contribution is 6.26. The van der Waals surface area contributed by atoms with Crippen LogP contribution in [0.5, 0.6) is 0 Å². The van der Waals surface area contributed by atoms with E-state index in [4.69, 9.17) is 8.85 Å². The van der Waals surface area contributed by atoms with E-state index in [1.165, 1.54) is 7.11 Å². The standard InChI is InChI=1S/C11H23NO3Si/c1-10(2)7-9(15-16(13)14-6)8-11(3,4)12(10)5/h9H,7-8H2,1-6H3. The highest BCUT2D eigenvalue weighted by Crippen LogP contribution is 2.37. The van der Waals surface area contributed by atoms with Crippen molar-refractivity contribution >= 4 is 9.17 Å². The van der Waals surface area contributed by atoms with Crippen molar-refractivity contribution in [3.63, 3.8) is 0 Å². The molecule has 0 N–H and O–H groups in total. The molecule has 0 bridgehead atoms. The monoisotopic (exact) mass is 245 g/mol. The zero-order chi connectivity index (χ0) is 12.6. The lowest BCUT2D eigenvalue weighted by atomic mass is 9.79. The smallest absolute Gasteiger partial charge is 0.499 e. The second-order valence-corrected chi connectivity index (χ2v) is 6.93. The summed E-state index contributed by atoms with van der Waals surface area (Å²) < 4.78 is 21.5. The van der Waals surface area contributed by atoms with Crippen LogP contribution in [0.15, 0.2) is 0 Å². The Morgan fingerprint density at radius 2 is 1.62 bits per heavy atom. The summed E-state index contributed by atoms with van der Waals surface area (Å²) in [6.45, 7) is 8.76. The third kappa shape index (κ3) is 2.82. The van der Waals surface area contributed by atoms with Crippen LogP contribution in [0.2, 0.25) is 0 Å². The van der Waals surface area contributed by atoms with Gasteiger partial charge in [-0.3, -0.25) is 9.36 Å². The zero-order valence-electron chi connectivity index (χ0n) is 11.2. The molecule has 0 unspecified atom stereocenters. The SMILES string of the molecule is CO[Si](=O)OC1CC(C)(C)N(C)C(C)(C)C1. The van der Waals surface area contributed by atoms with Crippen LogP contribution in [0, 0.1) is 0 Å². The van der Waals surface area contributed by atoms with E-state index >= 15 is 0 Å². The van der Waals surface area contributed by atoms with Gasteiger partial charge in [-0.15, -0.1) is 0 Å². The van der Waals surface area contributed by atoms with Crippen LogP contribution < -0.4 is 0 Å². The van der Waals surface area contributed by atoms with Crippen molar-refractivity contribution in [3.8, 4) is 0 Å². The maximum Gasteiger partial charge on any atom is 0.767 e. The van der Waals surface area contributed by atoms with Crippen LogP contribution in [0.4, 0.5) is 0 Å². The summed E-state index contributed by atoms with van der Waals surface area (Å²) in [5, 5.41) is 0. The van der Waals surface area contributed by atoms with Gasteiger partial charge in [-0.2, -0.15) is 0 Å². The molecule has 1 aliphatic heterocycles. The number of rotatable bonds is 3. The molecule has 0 radical (unpaired) electrons. The molecule has 0 aromatic rings. The summed E-state index contributed by atoms with van der Waals surface area (Å²) in [7, 11) is 1.24. The fourth-order valence-electron chi connectivity index (χ4n) is 2.55. The molecule has 1 saturated heterocycles. The molecule has 1 rings (SSSR count). The van der Waals surface area contributed by atoms with Crippen molar-refractivity contribution in [2.75, 3.05) is 14.2 Å². The molecule has 1 aliphatic rings. The predicted molar refractivity (Wildman–Crippen MR) is 63.5 cm³/mol. The Balaban J connectivity index is 2.75. The number of nitrogens with zero attached hydrogens (tertiary/aromatic N) is 1. The topological polar surface area (TPSA) is 38.8 Å².